The number of piperidine rings is 1. The SMILES string of the molecule is CC(C)C1CCN(c2nccc(N3CCC3)n2)CC1. The quantitative estimate of drug-likeness (QED) is 0.836. The third-order valence-corrected chi connectivity index (χ3v) is 4.57. The standard InChI is InChI=1S/C15H24N4/c1-12(2)13-5-10-19(11-6-13)15-16-7-4-14(17-15)18-8-3-9-18/h4,7,12-13H,3,5-6,8-11H2,1-2H3. The Bertz CT molecular complexity index is 420. The number of hydrogen-bond donors (Lipinski definition) is 0. The number of anilines is 2. The number of aromatic nitrogens is 2. The summed E-state index contributed by atoms with van der Waals surface area (Å²) in [5.41, 5.74) is 0. The molecular formula is C15H24N4. The molecule has 1 aromatic rings. The van der Waals surface area contributed by atoms with Gasteiger partial charge in [-0.3, -0.25) is 0 Å². The highest BCUT2D eigenvalue weighted by atomic mass is 15.3. The highest BCUT2D eigenvalue weighted by Crippen LogP contribution is 2.27. The van der Waals surface area contributed by atoms with E-state index in [1.165, 1.54) is 19.3 Å². The summed E-state index contributed by atoms with van der Waals surface area (Å²) in [6.07, 6.45) is 5.74. The molecule has 0 aromatic carbocycles. The van der Waals surface area contributed by atoms with Crippen LogP contribution in [0, 0.1) is 11.8 Å². The summed E-state index contributed by atoms with van der Waals surface area (Å²) in [7, 11) is 0. The van der Waals surface area contributed by atoms with Gasteiger partial charge in [0.15, 0.2) is 0 Å². The Hall–Kier alpha value is -1.32. The average molecular weight is 260 g/mol. The van der Waals surface area contributed by atoms with Gasteiger partial charge < -0.3 is 9.80 Å². The van der Waals surface area contributed by atoms with Crippen molar-refractivity contribution in [2.75, 3.05) is 36.0 Å². The summed E-state index contributed by atoms with van der Waals surface area (Å²) in [6.45, 7) is 9.17. The van der Waals surface area contributed by atoms with E-state index in [2.05, 4.69) is 28.6 Å². The van der Waals surface area contributed by atoms with E-state index in [9.17, 15) is 0 Å². The fourth-order valence-corrected chi connectivity index (χ4v) is 2.98. The molecule has 0 spiro atoms. The summed E-state index contributed by atoms with van der Waals surface area (Å²) in [6, 6.07) is 2.03. The van der Waals surface area contributed by atoms with Gasteiger partial charge in [-0.25, -0.2) is 4.98 Å². The van der Waals surface area contributed by atoms with Crippen molar-refractivity contribution in [3.63, 3.8) is 0 Å². The molecule has 0 amide bonds. The molecule has 0 unspecified atom stereocenters. The molecule has 2 aliphatic heterocycles. The smallest absolute Gasteiger partial charge is 0.227 e. The Morgan fingerprint density at radius 1 is 1.11 bits per heavy atom. The van der Waals surface area contributed by atoms with Crippen molar-refractivity contribution in [2.24, 2.45) is 11.8 Å². The summed E-state index contributed by atoms with van der Waals surface area (Å²) in [5, 5.41) is 0. The zero-order valence-corrected chi connectivity index (χ0v) is 12.0. The molecule has 3 rings (SSSR count). The molecule has 1 aromatic heterocycles. The van der Waals surface area contributed by atoms with Crippen molar-refractivity contribution in [2.45, 2.75) is 33.1 Å². The third kappa shape index (κ3) is 2.67. The maximum absolute atomic E-state index is 4.73. The van der Waals surface area contributed by atoms with E-state index in [1.807, 2.05) is 12.3 Å². The van der Waals surface area contributed by atoms with Crippen LogP contribution in [0.2, 0.25) is 0 Å². The molecule has 0 radical (unpaired) electrons. The second-order valence-corrected chi connectivity index (χ2v) is 6.12. The van der Waals surface area contributed by atoms with E-state index in [0.29, 0.717) is 0 Å². The van der Waals surface area contributed by atoms with Crippen LogP contribution in [-0.2, 0) is 0 Å². The van der Waals surface area contributed by atoms with Crippen LogP contribution in [0.1, 0.15) is 33.1 Å². The second-order valence-electron chi connectivity index (χ2n) is 6.12. The lowest BCUT2D eigenvalue weighted by Crippen LogP contribution is -2.39. The molecule has 0 N–H and O–H groups in total. The highest BCUT2D eigenvalue weighted by Gasteiger charge is 2.24. The summed E-state index contributed by atoms with van der Waals surface area (Å²) in [4.78, 5) is 13.9. The summed E-state index contributed by atoms with van der Waals surface area (Å²) in [5.74, 6) is 3.69. The predicted octanol–water partition coefficient (Wildman–Crippen LogP) is 2.56. The van der Waals surface area contributed by atoms with Gasteiger partial charge in [-0.15, -0.1) is 0 Å². The molecule has 0 bridgehead atoms. The average Bonchev–Trinajstić information content (AvgIpc) is 2.37. The fourth-order valence-electron chi connectivity index (χ4n) is 2.98. The van der Waals surface area contributed by atoms with Gasteiger partial charge in [-0.2, -0.15) is 4.98 Å². The molecular weight excluding hydrogens is 236 g/mol. The van der Waals surface area contributed by atoms with Gasteiger partial charge in [0.05, 0.1) is 0 Å². The van der Waals surface area contributed by atoms with Gasteiger partial charge in [-0.05, 0) is 37.2 Å². The van der Waals surface area contributed by atoms with Crippen molar-refractivity contribution in [1.82, 2.24) is 9.97 Å². The van der Waals surface area contributed by atoms with Crippen LogP contribution in [0.4, 0.5) is 11.8 Å². The minimum Gasteiger partial charge on any atom is -0.356 e. The monoisotopic (exact) mass is 260 g/mol. The first-order valence-electron chi connectivity index (χ1n) is 7.57. The van der Waals surface area contributed by atoms with Crippen LogP contribution < -0.4 is 9.80 Å². The van der Waals surface area contributed by atoms with Crippen molar-refractivity contribution in [3.05, 3.63) is 12.3 Å². The number of nitrogens with zero attached hydrogens (tertiary/aromatic N) is 4. The van der Waals surface area contributed by atoms with E-state index in [-0.39, 0.29) is 0 Å². The van der Waals surface area contributed by atoms with Gasteiger partial charge in [-0.1, -0.05) is 13.8 Å². The maximum atomic E-state index is 4.73. The first-order chi connectivity index (χ1) is 9.24. The molecule has 4 nitrogen and oxygen atoms in total. The van der Waals surface area contributed by atoms with Crippen molar-refractivity contribution < 1.29 is 0 Å². The van der Waals surface area contributed by atoms with Crippen molar-refractivity contribution in [1.29, 1.82) is 0 Å². The second kappa shape index (κ2) is 5.35. The summed E-state index contributed by atoms with van der Waals surface area (Å²) < 4.78 is 0. The van der Waals surface area contributed by atoms with E-state index >= 15 is 0 Å². The van der Waals surface area contributed by atoms with Crippen LogP contribution in [0.3, 0.4) is 0 Å². The van der Waals surface area contributed by atoms with E-state index < -0.39 is 0 Å². The molecule has 0 atom stereocenters. The molecule has 104 valence electrons. The first-order valence-corrected chi connectivity index (χ1v) is 7.57. The Morgan fingerprint density at radius 3 is 2.42 bits per heavy atom. The lowest BCUT2D eigenvalue weighted by atomic mass is 9.87. The van der Waals surface area contributed by atoms with Gasteiger partial charge >= 0.3 is 0 Å². The van der Waals surface area contributed by atoms with E-state index in [1.54, 1.807) is 0 Å². The minimum atomic E-state index is 0.801. The molecule has 4 heteroatoms. The van der Waals surface area contributed by atoms with Gasteiger partial charge in [0.1, 0.15) is 5.82 Å². The molecule has 0 aliphatic carbocycles. The Morgan fingerprint density at radius 2 is 1.84 bits per heavy atom. The first kappa shape index (κ1) is 12.7. The largest absolute Gasteiger partial charge is 0.356 e. The van der Waals surface area contributed by atoms with E-state index in [4.69, 9.17) is 4.98 Å². The van der Waals surface area contributed by atoms with Crippen molar-refractivity contribution >= 4 is 11.8 Å². The normalized spacial score (nSPS) is 20.8. The zero-order chi connectivity index (χ0) is 13.2. The molecule has 2 fully saturated rings. The third-order valence-electron chi connectivity index (χ3n) is 4.57. The van der Waals surface area contributed by atoms with Crippen molar-refractivity contribution in [3.8, 4) is 0 Å². The molecule has 2 aliphatic rings. The van der Waals surface area contributed by atoms with Gasteiger partial charge in [0.2, 0.25) is 5.95 Å². The number of rotatable bonds is 3. The van der Waals surface area contributed by atoms with Gasteiger partial charge in [0, 0.05) is 32.4 Å². The fraction of sp³-hybridized carbons (Fsp3) is 0.733. The highest BCUT2D eigenvalue weighted by molar-refractivity contribution is 5.45. The predicted molar refractivity (Wildman–Crippen MR) is 78.6 cm³/mol. The summed E-state index contributed by atoms with van der Waals surface area (Å²) >= 11 is 0. The zero-order valence-electron chi connectivity index (χ0n) is 12.0. The Kier molecular flexibility index (Phi) is 3.58. The molecule has 3 heterocycles. The number of hydrogen-bond acceptors (Lipinski definition) is 4. The van der Waals surface area contributed by atoms with E-state index in [0.717, 1.165) is 49.8 Å². The van der Waals surface area contributed by atoms with Crippen LogP contribution in [0.5, 0.6) is 0 Å². The minimum absolute atomic E-state index is 0.801. The molecule has 2 saturated heterocycles. The maximum Gasteiger partial charge on any atom is 0.227 e. The Balaban J connectivity index is 1.66. The molecule has 19 heavy (non-hydrogen) atoms. The topological polar surface area (TPSA) is 32.3 Å². The van der Waals surface area contributed by atoms with Crippen LogP contribution in [0.25, 0.3) is 0 Å². The lowest BCUT2D eigenvalue weighted by Gasteiger charge is -2.35. The van der Waals surface area contributed by atoms with Crippen LogP contribution >= 0.6 is 0 Å². The lowest BCUT2D eigenvalue weighted by molar-refractivity contribution is 0.310. The van der Waals surface area contributed by atoms with Crippen LogP contribution in [-0.4, -0.2) is 36.1 Å². The molecule has 0 saturated carbocycles. The van der Waals surface area contributed by atoms with Gasteiger partial charge in [0.25, 0.3) is 0 Å². The Labute approximate surface area is 115 Å². The van der Waals surface area contributed by atoms with Crippen LogP contribution in [0.15, 0.2) is 12.3 Å².